The van der Waals surface area contributed by atoms with E-state index in [1.165, 1.54) is 23.2 Å². The first-order chi connectivity index (χ1) is 8.58. The molecule has 1 aliphatic rings. The lowest BCUT2D eigenvalue weighted by Gasteiger charge is -2.14. The van der Waals surface area contributed by atoms with E-state index in [2.05, 4.69) is 10.3 Å². The molecule has 2 rings (SSSR count). The van der Waals surface area contributed by atoms with Gasteiger partial charge >= 0.3 is 11.8 Å². The summed E-state index contributed by atoms with van der Waals surface area (Å²) in [5.41, 5.74) is -0.105. The molecule has 8 nitrogen and oxygen atoms in total. The molecule has 2 N–H and O–H groups in total. The minimum absolute atomic E-state index is 0.105. The summed E-state index contributed by atoms with van der Waals surface area (Å²) < 4.78 is 0. The van der Waals surface area contributed by atoms with Crippen molar-refractivity contribution in [2.75, 3.05) is 18.4 Å². The van der Waals surface area contributed by atoms with Crippen LogP contribution >= 0.6 is 0 Å². The number of hydrogen-bond donors (Lipinski definition) is 2. The predicted molar refractivity (Wildman–Crippen MR) is 62.5 cm³/mol. The van der Waals surface area contributed by atoms with Crippen molar-refractivity contribution in [1.82, 2.24) is 9.88 Å². The highest BCUT2D eigenvalue weighted by atomic mass is 16.6. The second-order valence-electron chi connectivity index (χ2n) is 3.99. The van der Waals surface area contributed by atoms with Crippen LogP contribution in [0, 0.1) is 10.1 Å². The Hall–Kier alpha value is -2.38. The molecule has 1 aromatic rings. The molecule has 1 fully saturated rings. The molecule has 1 aromatic heterocycles. The summed E-state index contributed by atoms with van der Waals surface area (Å²) in [4.78, 5) is 26.2. The van der Waals surface area contributed by atoms with Crippen molar-refractivity contribution >= 4 is 17.6 Å². The largest absolute Gasteiger partial charge is 0.465 e. The van der Waals surface area contributed by atoms with Gasteiger partial charge in [0, 0.05) is 31.4 Å². The van der Waals surface area contributed by atoms with E-state index < -0.39 is 11.0 Å². The van der Waals surface area contributed by atoms with Crippen LogP contribution in [0.3, 0.4) is 0 Å². The normalized spacial score (nSPS) is 18.7. The highest BCUT2D eigenvalue weighted by molar-refractivity contribution is 5.65. The van der Waals surface area contributed by atoms with Crippen LogP contribution in [0.5, 0.6) is 0 Å². The fourth-order valence-electron chi connectivity index (χ4n) is 1.90. The monoisotopic (exact) mass is 252 g/mol. The molecule has 1 amide bonds. The molecule has 0 unspecified atom stereocenters. The summed E-state index contributed by atoms with van der Waals surface area (Å²) in [6.07, 6.45) is 1.09. The number of pyridine rings is 1. The van der Waals surface area contributed by atoms with Crippen molar-refractivity contribution < 1.29 is 14.8 Å². The van der Waals surface area contributed by atoms with Gasteiger partial charge in [-0.15, -0.1) is 0 Å². The third-order valence-electron chi connectivity index (χ3n) is 2.78. The van der Waals surface area contributed by atoms with Crippen molar-refractivity contribution in [3.05, 3.63) is 28.4 Å². The number of nitrogens with zero attached hydrogens (tertiary/aromatic N) is 3. The van der Waals surface area contributed by atoms with E-state index in [1.807, 2.05) is 0 Å². The van der Waals surface area contributed by atoms with Gasteiger partial charge in [0.1, 0.15) is 0 Å². The molecule has 1 saturated heterocycles. The standard InChI is InChI=1S/C10H12N4O4/c15-10(16)13-5-3-7(6-13)12-9-8(14(17)18)2-1-4-11-9/h1-2,4,7H,3,5-6H2,(H,11,12)(H,15,16)/t7-/m1/s1. The van der Waals surface area contributed by atoms with Crippen molar-refractivity contribution in [1.29, 1.82) is 0 Å². The summed E-state index contributed by atoms with van der Waals surface area (Å²) in [7, 11) is 0. The van der Waals surface area contributed by atoms with Gasteiger partial charge < -0.3 is 15.3 Å². The lowest BCUT2D eigenvalue weighted by atomic mass is 10.2. The highest BCUT2D eigenvalue weighted by Gasteiger charge is 2.27. The Morgan fingerprint density at radius 3 is 3.06 bits per heavy atom. The van der Waals surface area contributed by atoms with Gasteiger partial charge in [0.2, 0.25) is 5.82 Å². The third kappa shape index (κ3) is 2.47. The predicted octanol–water partition coefficient (Wildman–Crippen LogP) is 1.15. The fourth-order valence-corrected chi connectivity index (χ4v) is 1.90. The summed E-state index contributed by atoms with van der Waals surface area (Å²) in [6.45, 7) is 0.733. The molecule has 0 bridgehead atoms. The molecular formula is C10H12N4O4. The van der Waals surface area contributed by atoms with E-state index in [0.29, 0.717) is 19.5 Å². The zero-order valence-electron chi connectivity index (χ0n) is 9.44. The maximum absolute atomic E-state index is 10.8. The molecule has 0 aliphatic carbocycles. The third-order valence-corrected chi connectivity index (χ3v) is 2.78. The number of nitro groups is 1. The Bertz CT molecular complexity index is 479. The van der Waals surface area contributed by atoms with Crippen LogP contribution in [0.2, 0.25) is 0 Å². The number of amides is 1. The van der Waals surface area contributed by atoms with Gasteiger partial charge in [0.05, 0.1) is 4.92 Å². The average molecular weight is 252 g/mol. The minimum atomic E-state index is -0.977. The van der Waals surface area contributed by atoms with Crippen LogP contribution in [0.4, 0.5) is 16.3 Å². The lowest BCUT2D eigenvalue weighted by molar-refractivity contribution is -0.384. The second-order valence-corrected chi connectivity index (χ2v) is 3.99. The van der Waals surface area contributed by atoms with E-state index in [9.17, 15) is 14.9 Å². The van der Waals surface area contributed by atoms with Gasteiger partial charge in [-0.1, -0.05) is 0 Å². The first kappa shape index (κ1) is 12.1. The number of likely N-dealkylation sites (tertiary alicyclic amines) is 1. The summed E-state index contributed by atoms with van der Waals surface area (Å²) in [6, 6.07) is 2.70. The number of carbonyl (C=O) groups is 1. The highest BCUT2D eigenvalue weighted by Crippen LogP contribution is 2.23. The zero-order valence-corrected chi connectivity index (χ0v) is 9.44. The second kappa shape index (κ2) is 4.86. The molecule has 18 heavy (non-hydrogen) atoms. The number of rotatable bonds is 3. The van der Waals surface area contributed by atoms with E-state index >= 15 is 0 Å². The number of aromatic nitrogens is 1. The smallest absolute Gasteiger partial charge is 0.407 e. The van der Waals surface area contributed by atoms with E-state index in [4.69, 9.17) is 5.11 Å². The van der Waals surface area contributed by atoms with Crippen LogP contribution in [-0.2, 0) is 0 Å². The summed E-state index contributed by atoms with van der Waals surface area (Å²) in [5, 5.41) is 22.5. The van der Waals surface area contributed by atoms with Gasteiger partial charge in [-0.3, -0.25) is 10.1 Å². The van der Waals surface area contributed by atoms with E-state index in [0.717, 1.165) is 0 Å². The SMILES string of the molecule is O=C(O)N1CC[C@@H](Nc2ncccc2[N+](=O)[O-])C1. The molecule has 96 valence electrons. The van der Waals surface area contributed by atoms with Gasteiger partial charge in [-0.25, -0.2) is 9.78 Å². The number of carboxylic acid groups (broad SMARTS) is 1. The molecule has 2 heterocycles. The van der Waals surface area contributed by atoms with Crippen molar-refractivity contribution in [2.45, 2.75) is 12.5 Å². The maximum Gasteiger partial charge on any atom is 0.407 e. The first-order valence-electron chi connectivity index (χ1n) is 5.41. The quantitative estimate of drug-likeness (QED) is 0.617. The Kier molecular flexibility index (Phi) is 3.26. The van der Waals surface area contributed by atoms with Gasteiger partial charge in [-0.05, 0) is 12.5 Å². The Morgan fingerprint density at radius 1 is 1.67 bits per heavy atom. The Labute approximate surface area is 102 Å². The lowest BCUT2D eigenvalue weighted by Crippen LogP contribution is -2.30. The van der Waals surface area contributed by atoms with Crippen molar-refractivity contribution in [3.63, 3.8) is 0 Å². The number of hydrogen-bond acceptors (Lipinski definition) is 5. The number of nitrogens with one attached hydrogen (secondary N) is 1. The maximum atomic E-state index is 10.8. The number of anilines is 1. The molecule has 0 radical (unpaired) electrons. The van der Waals surface area contributed by atoms with Crippen molar-refractivity contribution in [3.8, 4) is 0 Å². The first-order valence-corrected chi connectivity index (χ1v) is 5.41. The fraction of sp³-hybridized carbons (Fsp3) is 0.400. The molecule has 8 heteroatoms. The summed E-state index contributed by atoms with van der Waals surface area (Å²) >= 11 is 0. The van der Waals surface area contributed by atoms with Crippen LogP contribution in [-0.4, -0.2) is 45.1 Å². The Morgan fingerprint density at radius 2 is 2.44 bits per heavy atom. The van der Waals surface area contributed by atoms with Crippen LogP contribution in [0.15, 0.2) is 18.3 Å². The summed E-state index contributed by atoms with van der Waals surface area (Å²) in [5.74, 6) is 0.180. The molecular weight excluding hydrogens is 240 g/mol. The zero-order chi connectivity index (χ0) is 13.1. The Balaban J connectivity index is 2.07. The van der Waals surface area contributed by atoms with Crippen molar-refractivity contribution in [2.24, 2.45) is 0 Å². The minimum Gasteiger partial charge on any atom is -0.465 e. The van der Waals surface area contributed by atoms with E-state index in [-0.39, 0.29) is 17.5 Å². The van der Waals surface area contributed by atoms with Crippen LogP contribution in [0.25, 0.3) is 0 Å². The molecule has 0 saturated carbocycles. The van der Waals surface area contributed by atoms with Gasteiger partial charge in [-0.2, -0.15) is 0 Å². The molecule has 1 aliphatic heterocycles. The van der Waals surface area contributed by atoms with Gasteiger partial charge in [0.25, 0.3) is 0 Å². The average Bonchev–Trinajstić information content (AvgIpc) is 2.78. The van der Waals surface area contributed by atoms with E-state index in [1.54, 1.807) is 0 Å². The molecule has 0 aromatic carbocycles. The molecule has 1 atom stereocenters. The molecule has 0 spiro atoms. The van der Waals surface area contributed by atoms with Crippen LogP contribution in [0.1, 0.15) is 6.42 Å². The van der Waals surface area contributed by atoms with Crippen LogP contribution < -0.4 is 5.32 Å². The topological polar surface area (TPSA) is 109 Å². The van der Waals surface area contributed by atoms with Gasteiger partial charge in [0.15, 0.2) is 0 Å².